The number of nitrogens with two attached hydrogens (primary N) is 1. The number of carbonyl (C=O) groups excluding carboxylic acids is 10. The zero-order valence-electron chi connectivity index (χ0n) is 67.7. The van der Waals surface area contributed by atoms with E-state index >= 15 is 24.0 Å². The molecule has 1 aromatic heterocycles. The highest BCUT2D eigenvalue weighted by Gasteiger charge is 2.52. The van der Waals surface area contributed by atoms with Crippen LogP contribution in [0, 0.1) is 5.92 Å². The van der Waals surface area contributed by atoms with E-state index < -0.39 is 260 Å². The van der Waals surface area contributed by atoms with Crippen molar-refractivity contribution in [3.05, 3.63) is 173 Å². The normalized spacial score (nSPS) is 25.8. The molecule has 7 aliphatic rings. The first-order valence-corrected chi connectivity index (χ1v) is 40.8. The maximum atomic E-state index is 16.3. The summed E-state index contributed by atoms with van der Waals surface area (Å²) in [4.78, 5) is 163. The summed E-state index contributed by atoms with van der Waals surface area (Å²) in [5.41, 5.74) is 5.39. The zero-order chi connectivity index (χ0) is 91.4. The fourth-order valence-electron chi connectivity index (χ4n) is 15.0. The zero-order valence-corrected chi connectivity index (χ0v) is 70.7. The number of aliphatic hydroxyl groups excluding tert-OH is 6. The molecule has 126 heavy (non-hydrogen) atoms. The number of amides is 10. The van der Waals surface area contributed by atoms with Crippen LogP contribution in [0.3, 0.4) is 0 Å². The number of hydrogen-bond acceptors (Lipinski definition) is 29. The van der Waals surface area contributed by atoms with Crippen LogP contribution in [0.15, 0.2) is 114 Å². The van der Waals surface area contributed by atoms with E-state index in [2.05, 4.69) is 63.7 Å². The number of likely N-dealkylation sites (N-methyl/N-ethyl adjacent to an activating group) is 1. The van der Waals surface area contributed by atoms with Gasteiger partial charge in [-0.25, -0.2) is 4.79 Å². The largest absolute Gasteiger partial charge is 0.508 e. The Morgan fingerprint density at radius 3 is 1.97 bits per heavy atom. The highest BCUT2D eigenvalue weighted by atomic mass is 35.5. The van der Waals surface area contributed by atoms with Gasteiger partial charge in [0.1, 0.15) is 101 Å². The molecule has 0 spiro atoms. The fraction of sp³-hybridized carbons (Fsp3) is 0.390. The van der Waals surface area contributed by atoms with Crippen LogP contribution in [0.2, 0.25) is 20.1 Å². The predicted molar refractivity (Wildman–Crippen MR) is 445 cm³/mol. The fourth-order valence-corrected chi connectivity index (χ4v) is 15.8. The Morgan fingerprint density at radius 2 is 1.34 bits per heavy atom. The van der Waals surface area contributed by atoms with Crippen molar-refractivity contribution in [3.63, 3.8) is 0 Å². The molecule has 0 radical (unpaired) electrons. The molecule has 18 atom stereocenters. The molecule has 0 saturated carbocycles. The number of nitrogens with zero attached hydrogens (tertiary/aromatic N) is 2. The second-order valence-electron chi connectivity index (χ2n) is 31.1. The van der Waals surface area contributed by atoms with Gasteiger partial charge in [-0.2, -0.15) is 4.98 Å². The number of anilines is 1. The van der Waals surface area contributed by atoms with Gasteiger partial charge in [0, 0.05) is 55.4 Å². The predicted octanol–water partition coefficient (Wildman–Crippen LogP) is 1.56. The number of fused-ring (bicyclic) bond motifs is 15. The summed E-state index contributed by atoms with van der Waals surface area (Å²) >= 11 is 26.5. The second kappa shape index (κ2) is 39.5. The number of carbonyl (C=O) groups is 10. The van der Waals surface area contributed by atoms with Gasteiger partial charge in [0.05, 0.1) is 57.8 Å². The number of rotatable bonds is 20. The summed E-state index contributed by atoms with van der Waals surface area (Å²) in [6, 6.07) is 5.10. The van der Waals surface area contributed by atoms with Crippen LogP contribution in [0.5, 0.6) is 46.0 Å². The van der Waals surface area contributed by atoms with Gasteiger partial charge in [-0.05, 0) is 139 Å². The van der Waals surface area contributed by atoms with Crippen molar-refractivity contribution in [1.82, 2.24) is 62.9 Å². The number of halogens is 4. The average molecular weight is 1830 g/mol. The molecule has 22 N–H and O–H groups in total. The molecule has 672 valence electrons. The van der Waals surface area contributed by atoms with Crippen LogP contribution in [-0.4, -0.2) is 214 Å². The van der Waals surface area contributed by atoms with Crippen LogP contribution in [0.4, 0.5) is 5.82 Å². The molecule has 7 aromatic rings. The van der Waals surface area contributed by atoms with Crippen LogP contribution in [0.1, 0.15) is 118 Å². The Bertz CT molecular complexity index is 5460. The minimum atomic E-state index is -2.41. The number of aromatic nitrogens is 2. The summed E-state index contributed by atoms with van der Waals surface area (Å²) in [5.74, 6) is -17.3. The number of primary amides is 1. The topological polar surface area (TPSA) is 601 Å². The molecule has 8 heterocycles. The number of aromatic hydroxyl groups is 3. The first kappa shape index (κ1) is 93.6. The van der Waals surface area contributed by atoms with Gasteiger partial charge in [0.15, 0.2) is 23.9 Å². The van der Waals surface area contributed by atoms with E-state index in [4.69, 9.17) is 80.6 Å². The summed E-state index contributed by atoms with van der Waals surface area (Å²) in [6.45, 7) is 6.55. The van der Waals surface area contributed by atoms with Gasteiger partial charge in [0.2, 0.25) is 65.2 Å². The van der Waals surface area contributed by atoms with Crippen molar-refractivity contribution < 1.29 is 122 Å². The van der Waals surface area contributed by atoms with Crippen LogP contribution in [0.25, 0.3) is 11.1 Å². The van der Waals surface area contributed by atoms with E-state index in [1.165, 1.54) is 55.1 Å². The van der Waals surface area contributed by atoms with Crippen LogP contribution < -0.4 is 84.3 Å². The molecule has 2 saturated heterocycles. The molecular formula is C82H90Cl4N14O26. The van der Waals surface area contributed by atoms with E-state index in [1.54, 1.807) is 26.8 Å². The van der Waals surface area contributed by atoms with E-state index in [0.29, 0.717) is 5.56 Å². The molecule has 2 fully saturated rings. The first-order chi connectivity index (χ1) is 59.7. The Labute approximate surface area is 736 Å². The van der Waals surface area contributed by atoms with E-state index in [1.807, 2.05) is 0 Å². The molecule has 16 unspecified atom stereocenters. The molecule has 6 aromatic carbocycles. The molecule has 44 heteroatoms. The van der Waals surface area contributed by atoms with Crippen molar-refractivity contribution in [2.75, 3.05) is 25.5 Å². The number of benzene rings is 6. The minimum absolute atomic E-state index is 0.0462. The number of ether oxygens (including phenoxy) is 6. The van der Waals surface area contributed by atoms with Gasteiger partial charge in [-0.3, -0.25) is 63.4 Å². The quantitative estimate of drug-likeness (QED) is 0.0482. The maximum Gasteiger partial charge on any atom is 0.349 e. The molecule has 14 rings (SSSR count). The molecule has 0 aliphatic carbocycles. The SMILES string of the molecule is CNC(CC(C)C)C(=O)NC1C(=O)NC(CC(N)=O)C(=O)NC2C(=O)NC3C(=O)NC(C(=O)N[C@@H](C(=O)NNC(C)=O)c4cc(O)cc(O)c4-c4cc3ccc4O)C(O)c3ccc(c(Cl)c3)Oc3cc2cc(c3OC2OC(CO)C(O)C(O)C2OC2C[C@@](C)(NCCn3ccc(NC(=O)Cc4ccc(Cl)c(Cl)c4)nc3=O)C(O)C(C)O2)Oc2ccc(cc2Cl)C1O. The van der Waals surface area contributed by atoms with Crippen LogP contribution >= 0.6 is 46.4 Å². The molecular weight excluding hydrogens is 1740 g/mol. The number of nitrogens with one attached hydrogen (secondary N) is 11. The second-order valence-corrected chi connectivity index (χ2v) is 32.8. The number of phenols is 3. The Kier molecular flexibility index (Phi) is 29.4. The number of aliphatic hydroxyl groups is 6. The van der Waals surface area contributed by atoms with Crippen molar-refractivity contribution in [1.29, 1.82) is 0 Å². The van der Waals surface area contributed by atoms with Crippen molar-refractivity contribution >= 4 is 111 Å². The third-order valence-electron chi connectivity index (χ3n) is 21.5. The minimum Gasteiger partial charge on any atom is -0.508 e. The highest BCUT2D eigenvalue weighted by molar-refractivity contribution is 6.42. The summed E-state index contributed by atoms with van der Waals surface area (Å²) < 4.78 is 40.6. The number of phenolic OH excluding ortho intramolecular Hbond substituents is 3. The van der Waals surface area contributed by atoms with Gasteiger partial charge in [-0.1, -0.05) is 84.5 Å². The summed E-state index contributed by atoms with van der Waals surface area (Å²) in [7, 11) is 1.46. The Balaban J connectivity index is 1.000. The highest BCUT2D eigenvalue weighted by Crippen LogP contribution is 2.50. The lowest BCUT2D eigenvalue weighted by molar-refractivity contribution is -0.334. The van der Waals surface area contributed by atoms with Crippen molar-refractivity contribution in [2.45, 2.75) is 176 Å². The Morgan fingerprint density at radius 1 is 0.690 bits per heavy atom. The standard InChI is InChI=1S/C82H90Cl4N14O26/c1-32(2)19-47(88-6)73(113)96-64-66(108)37-9-13-51(45(85)23-37)122-53-25-39-26-54(70(53)126-80-71(69(111)68(110)55(31-101)124-80)125-59-30-82(5,72(112)33(3)121-59)89-16-18-100-17-15-57(92-81(100)120)91-58(107)21-35-7-11-43(83)44(84)20-35)123-52-14-10-38(24-46(52)86)67(109)65-78(118)95-63(79(119)99-98-34(4)102)42-27-40(103)28-50(105)60(42)41-22-36(8-12-49(41)104)61(75(115)97-65)94-76(116)62(39)93-74(114)48(29-56(87)106)90-77(64)117/h7-15,17,20,22-28,32-33,47-48,55,59,61-69,71-72,80,88-89,101,103-105,108-112H,16,18-19,21,29-31H2,1-6H3,(H2,87,106)(H,90,117)(H,93,114)(H,94,116)(H,95,118)(H,96,113)(H,97,115)(H,98,102)(H,99,119)(H,91,92,107,120)/t33?,47?,48?,55?,59?,61?,62?,63-,64?,65?,66?,67?,68?,69?,71?,72?,80?,82-/m1/s1. The smallest absolute Gasteiger partial charge is 0.349 e. The summed E-state index contributed by atoms with van der Waals surface area (Å²) in [6.07, 6.45) is -18.4. The van der Waals surface area contributed by atoms with Crippen molar-refractivity contribution in [3.8, 4) is 57.1 Å². The van der Waals surface area contributed by atoms with Gasteiger partial charge >= 0.3 is 5.69 Å². The van der Waals surface area contributed by atoms with Crippen LogP contribution in [-0.2, 0) is 75.1 Å². The van der Waals surface area contributed by atoms with Gasteiger partial charge < -0.3 is 128 Å². The third kappa shape index (κ3) is 21.2. The average Bonchev–Trinajstić information content (AvgIpc) is 0.764. The molecule has 11 bridgehead atoms. The van der Waals surface area contributed by atoms with Crippen molar-refractivity contribution in [2.24, 2.45) is 11.7 Å². The van der Waals surface area contributed by atoms with E-state index in [-0.39, 0.29) is 76.6 Å². The monoisotopic (exact) mass is 1830 g/mol. The number of hydrogen-bond donors (Lipinski definition) is 21. The molecule has 7 aliphatic heterocycles. The summed E-state index contributed by atoms with van der Waals surface area (Å²) in [5, 5.41) is 130. The van der Waals surface area contributed by atoms with E-state index in [9.17, 15) is 74.7 Å². The first-order valence-electron chi connectivity index (χ1n) is 39.3. The number of hydrazine groups is 1. The van der Waals surface area contributed by atoms with E-state index in [0.717, 1.165) is 73.7 Å². The lowest BCUT2D eigenvalue weighted by Gasteiger charge is -2.48. The molecule has 10 amide bonds. The van der Waals surface area contributed by atoms with Gasteiger partial charge in [-0.15, -0.1) is 0 Å². The lowest BCUT2D eigenvalue weighted by atomic mass is 9.85. The lowest BCUT2D eigenvalue weighted by Crippen LogP contribution is -2.65. The van der Waals surface area contributed by atoms with Gasteiger partial charge in [0.25, 0.3) is 5.91 Å². The molecule has 40 nitrogen and oxygen atoms in total. The Hall–Kier alpha value is -11.6. The maximum absolute atomic E-state index is 16.3. The third-order valence-corrected chi connectivity index (χ3v) is 22.8.